The van der Waals surface area contributed by atoms with Gasteiger partial charge < -0.3 is 9.47 Å². The van der Waals surface area contributed by atoms with Crippen molar-refractivity contribution in [2.45, 2.75) is 25.9 Å². The molecule has 10 heavy (non-hydrogen) atoms. The minimum atomic E-state index is -0.0897. The lowest BCUT2D eigenvalue weighted by Gasteiger charge is -2.21. The van der Waals surface area contributed by atoms with Crippen LogP contribution in [0.4, 0.5) is 0 Å². The van der Waals surface area contributed by atoms with E-state index < -0.39 is 0 Å². The fourth-order valence-electron chi connectivity index (χ4n) is 1.09. The Labute approximate surface area is 61.8 Å². The highest BCUT2D eigenvalue weighted by atomic mass is 16.7. The summed E-state index contributed by atoms with van der Waals surface area (Å²) < 4.78 is 10.5. The Morgan fingerprint density at radius 1 is 1.50 bits per heavy atom. The molecule has 1 fully saturated rings. The molecule has 0 amide bonds. The van der Waals surface area contributed by atoms with Gasteiger partial charge in [-0.3, -0.25) is 0 Å². The molecule has 2 nitrogen and oxygen atoms in total. The van der Waals surface area contributed by atoms with E-state index in [1.54, 1.807) is 0 Å². The molecule has 0 aromatic carbocycles. The number of hydrogen-bond acceptors (Lipinski definition) is 2. The van der Waals surface area contributed by atoms with Gasteiger partial charge in [0.1, 0.15) is 6.79 Å². The third kappa shape index (κ3) is 2.12. The maximum Gasteiger partial charge on any atom is 0.147 e. The van der Waals surface area contributed by atoms with Crippen LogP contribution < -0.4 is 0 Å². The zero-order chi connectivity index (χ0) is 7.61. The van der Waals surface area contributed by atoms with Gasteiger partial charge in [-0.2, -0.15) is 0 Å². The summed E-state index contributed by atoms with van der Waals surface area (Å²) in [7, 11) is 0. The topological polar surface area (TPSA) is 18.5 Å². The summed E-state index contributed by atoms with van der Waals surface area (Å²) in [5.74, 6) is 0. The molecule has 2 heteroatoms. The fraction of sp³-hybridized carbons (Fsp3) is 0.750. The highest BCUT2D eigenvalue weighted by Gasteiger charge is 2.22. The molecule has 0 atom stereocenters. The molecule has 1 aliphatic rings. The lowest BCUT2D eigenvalue weighted by molar-refractivity contribution is -0.105. The second-order valence-electron chi connectivity index (χ2n) is 3.30. The van der Waals surface area contributed by atoms with Crippen molar-refractivity contribution in [3.05, 3.63) is 12.2 Å². The Bertz CT molecular complexity index is 138. The summed E-state index contributed by atoms with van der Waals surface area (Å²) in [5.41, 5.74) is 1.02. The van der Waals surface area contributed by atoms with Crippen molar-refractivity contribution in [3.8, 4) is 0 Å². The van der Waals surface area contributed by atoms with Gasteiger partial charge in [0.25, 0.3) is 0 Å². The average molecular weight is 142 g/mol. The van der Waals surface area contributed by atoms with Gasteiger partial charge in [0.15, 0.2) is 0 Å². The van der Waals surface area contributed by atoms with Crippen molar-refractivity contribution in [2.75, 3.05) is 13.4 Å². The second-order valence-corrected chi connectivity index (χ2v) is 3.30. The van der Waals surface area contributed by atoms with Gasteiger partial charge in [-0.1, -0.05) is 6.58 Å². The summed E-state index contributed by atoms with van der Waals surface area (Å²) >= 11 is 0. The van der Waals surface area contributed by atoms with Gasteiger partial charge >= 0.3 is 0 Å². The van der Waals surface area contributed by atoms with E-state index in [0.717, 1.165) is 12.0 Å². The minimum Gasteiger partial charge on any atom is -0.351 e. The molecule has 0 spiro atoms. The van der Waals surface area contributed by atoms with E-state index in [9.17, 15) is 0 Å². The molecule has 0 N–H and O–H groups in total. The van der Waals surface area contributed by atoms with Crippen LogP contribution in [0.3, 0.4) is 0 Å². The minimum absolute atomic E-state index is 0.0897. The Morgan fingerprint density at radius 2 is 2.20 bits per heavy atom. The average Bonchev–Trinajstić information content (AvgIpc) is 1.90. The van der Waals surface area contributed by atoms with Crippen molar-refractivity contribution >= 4 is 0 Å². The molecule has 1 saturated heterocycles. The highest BCUT2D eigenvalue weighted by Crippen LogP contribution is 2.21. The molecule has 0 bridgehead atoms. The lowest BCUT2D eigenvalue weighted by atomic mass is 10.0. The monoisotopic (exact) mass is 142 g/mol. The first-order valence-corrected chi connectivity index (χ1v) is 3.48. The molecule has 0 aromatic rings. The molecule has 1 rings (SSSR count). The van der Waals surface area contributed by atoms with Crippen molar-refractivity contribution in [2.24, 2.45) is 0 Å². The Balaban J connectivity index is 2.54. The summed E-state index contributed by atoms with van der Waals surface area (Å²) in [4.78, 5) is 0. The zero-order valence-electron chi connectivity index (χ0n) is 6.64. The first kappa shape index (κ1) is 7.76. The molecule has 0 radical (unpaired) electrons. The first-order valence-electron chi connectivity index (χ1n) is 3.48. The van der Waals surface area contributed by atoms with Crippen LogP contribution in [0, 0.1) is 0 Å². The smallest absolute Gasteiger partial charge is 0.147 e. The zero-order valence-corrected chi connectivity index (χ0v) is 6.64. The van der Waals surface area contributed by atoms with E-state index in [4.69, 9.17) is 9.47 Å². The molecule has 0 aromatic heterocycles. The Kier molecular flexibility index (Phi) is 2.11. The summed E-state index contributed by atoms with van der Waals surface area (Å²) in [6.45, 7) is 9.00. The van der Waals surface area contributed by atoms with Crippen molar-refractivity contribution in [1.29, 1.82) is 0 Å². The van der Waals surface area contributed by atoms with Crippen LogP contribution in [-0.4, -0.2) is 19.0 Å². The van der Waals surface area contributed by atoms with Crippen molar-refractivity contribution < 1.29 is 9.47 Å². The summed E-state index contributed by atoms with van der Waals surface area (Å²) in [5, 5.41) is 0. The lowest BCUT2D eigenvalue weighted by Crippen LogP contribution is -2.23. The molecule has 58 valence electrons. The van der Waals surface area contributed by atoms with Gasteiger partial charge in [-0.25, -0.2) is 0 Å². The molecule has 0 unspecified atom stereocenters. The van der Waals surface area contributed by atoms with E-state index in [-0.39, 0.29) is 5.60 Å². The molecule has 0 aliphatic carbocycles. The number of rotatable bonds is 0. The third-order valence-electron chi connectivity index (χ3n) is 1.51. The van der Waals surface area contributed by atoms with E-state index in [2.05, 4.69) is 6.58 Å². The normalized spacial score (nSPS) is 26.0. The number of hydrogen-bond donors (Lipinski definition) is 0. The third-order valence-corrected chi connectivity index (χ3v) is 1.51. The molecule has 1 heterocycles. The van der Waals surface area contributed by atoms with Crippen molar-refractivity contribution in [1.82, 2.24) is 0 Å². The van der Waals surface area contributed by atoms with Crippen LogP contribution >= 0.6 is 0 Å². The summed E-state index contributed by atoms with van der Waals surface area (Å²) in [6, 6.07) is 0. The maximum absolute atomic E-state index is 5.38. The second kappa shape index (κ2) is 2.72. The highest BCUT2D eigenvalue weighted by molar-refractivity contribution is 5.00. The van der Waals surface area contributed by atoms with Gasteiger partial charge in [-0.05, 0) is 25.8 Å². The predicted octanol–water partition coefficient (Wildman–Crippen LogP) is 1.72. The van der Waals surface area contributed by atoms with Crippen LogP contribution in [0.15, 0.2) is 12.2 Å². The van der Waals surface area contributed by atoms with E-state index in [1.165, 1.54) is 0 Å². The van der Waals surface area contributed by atoms with Crippen molar-refractivity contribution in [3.63, 3.8) is 0 Å². The molecular formula is C8H14O2. The standard InChI is InChI=1S/C8H14O2/c1-7-4-8(2,3)10-6-9-5-7/h1,4-6H2,2-3H3. The van der Waals surface area contributed by atoms with Crippen LogP contribution in [0.5, 0.6) is 0 Å². The van der Waals surface area contributed by atoms with Crippen LogP contribution in [0.1, 0.15) is 20.3 Å². The quantitative estimate of drug-likeness (QED) is 0.479. The molecule has 1 aliphatic heterocycles. The predicted molar refractivity (Wildman–Crippen MR) is 39.7 cm³/mol. The fourth-order valence-corrected chi connectivity index (χ4v) is 1.09. The first-order chi connectivity index (χ1) is 4.60. The maximum atomic E-state index is 5.38. The van der Waals surface area contributed by atoms with Crippen LogP contribution in [-0.2, 0) is 9.47 Å². The molecule has 0 saturated carbocycles. The number of ether oxygens (including phenoxy) is 2. The van der Waals surface area contributed by atoms with Gasteiger partial charge in [0, 0.05) is 0 Å². The Morgan fingerprint density at radius 3 is 2.90 bits per heavy atom. The van der Waals surface area contributed by atoms with E-state index in [0.29, 0.717) is 13.4 Å². The Hall–Kier alpha value is -0.340. The van der Waals surface area contributed by atoms with Gasteiger partial charge in [0.05, 0.1) is 12.2 Å². The molecular weight excluding hydrogens is 128 g/mol. The van der Waals surface area contributed by atoms with E-state index in [1.807, 2.05) is 13.8 Å². The van der Waals surface area contributed by atoms with Gasteiger partial charge in [-0.15, -0.1) is 0 Å². The van der Waals surface area contributed by atoms with E-state index >= 15 is 0 Å². The van der Waals surface area contributed by atoms with Crippen LogP contribution in [0.2, 0.25) is 0 Å². The SMILES string of the molecule is C=C1COCOC(C)(C)C1. The largest absolute Gasteiger partial charge is 0.351 e. The van der Waals surface area contributed by atoms with Crippen LogP contribution in [0.25, 0.3) is 0 Å². The summed E-state index contributed by atoms with van der Waals surface area (Å²) in [6.07, 6.45) is 0.896. The van der Waals surface area contributed by atoms with Gasteiger partial charge in [0.2, 0.25) is 0 Å².